The summed E-state index contributed by atoms with van der Waals surface area (Å²) in [6.45, 7) is 2.30. The molecule has 0 aliphatic carbocycles. The van der Waals surface area contributed by atoms with Crippen LogP contribution in [0.15, 0.2) is 16.5 Å². The normalized spacial score (nSPS) is 14.6. The van der Waals surface area contributed by atoms with Crippen LogP contribution in [0.25, 0.3) is 0 Å². The molecule has 90 valence electrons. The molecule has 0 aliphatic rings. The molecule has 1 aromatic heterocycles. The summed E-state index contributed by atoms with van der Waals surface area (Å²) < 4.78 is 15.9. The van der Waals surface area contributed by atoms with Crippen LogP contribution in [0, 0.1) is 10.1 Å². The number of rotatable bonds is 6. The number of nitrogens with one attached hydrogen (secondary N) is 1. The van der Waals surface area contributed by atoms with Crippen molar-refractivity contribution in [3.63, 3.8) is 0 Å². The number of furan rings is 1. The second-order valence-corrected chi connectivity index (χ2v) is 5.00. The summed E-state index contributed by atoms with van der Waals surface area (Å²) in [5, 5.41) is 13.4. The maximum atomic E-state index is 10.9. The quantitative estimate of drug-likeness (QED) is 0.599. The first-order chi connectivity index (χ1) is 7.49. The lowest BCUT2D eigenvalue weighted by Gasteiger charge is -2.10. The lowest BCUT2D eigenvalue weighted by molar-refractivity contribution is -0.402. The van der Waals surface area contributed by atoms with Crippen molar-refractivity contribution in [2.24, 2.45) is 0 Å². The summed E-state index contributed by atoms with van der Waals surface area (Å²) in [6, 6.07) is 2.95. The maximum Gasteiger partial charge on any atom is 0.433 e. The fourth-order valence-corrected chi connectivity index (χ4v) is 2.07. The molecule has 2 unspecified atom stereocenters. The Morgan fingerprint density at radius 2 is 2.31 bits per heavy atom. The van der Waals surface area contributed by atoms with Gasteiger partial charge in [-0.3, -0.25) is 14.3 Å². The molecular weight excluding hydrogens is 232 g/mol. The van der Waals surface area contributed by atoms with Crippen LogP contribution in [-0.4, -0.2) is 27.2 Å². The van der Waals surface area contributed by atoms with E-state index in [0.717, 1.165) is 0 Å². The van der Waals surface area contributed by atoms with Crippen molar-refractivity contribution in [2.45, 2.75) is 19.5 Å². The van der Waals surface area contributed by atoms with Crippen molar-refractivity contribution in [3.8, 4) is 0 Å². The molecular formula is C9H14N2O4S. The molecule has 16 heavy (non-hydrogen) atoms. The summed E-state index contributed by atoms with van der Waals surface area (Å²) in [6.07, 6.45) is 1.63. The van der Waals surface area contributed by atoms with Crippen molar-refractivity contribution >= 4 is 16.7 Å². The van der Waals surface area contributed by atoms with E-state index in [1.54, 1.807) is 12.3 Å². The van der Waals surface area contributed by atoms with E-state index in [0.29, 0.717) is 18.1 Å². The van der Waals surface area contributed by atoms with E-state index in [1.807, 2.05) is 6.92 Å². The van der Waals surface area contributed by atoms with E-state index in [9.17, 15) is 14.3 Å². The fourth-order valence-electron chi connectivity index (χ4n) is 1.25. The average Bonchev–Trinajstić information content (AvgIpc) is 2.61. The third kappa shape index (κ3) is 4.11. The van der Waals surface area contributed by atoms with Crippen molar-refractivity contribution in [1.29, 1.82) is 0 Å². The minimum absolute atomic E-state index is 0.0787. The highest BCUT2D eigenvalue weighted by atomic mass is 32.2. The molecule has 1 N–H and O–H groups in total. The molecule has 1 rings (SSSR count). The predicted octanol–water partition coefficient (Wildman–Crippen LogP) is 1.04. The second kappa shape index (κ2) is 5.76. The van der Waals surface area contributed by atoms with Crippen molar-refractivity contribution in [3.05, 3.63) is 28.0 Å². The first kappa shape index (κ1) is 12.9. The van der Waals surface area contributed by atoms with Crippen LogP contribution in [0.2, 0.25) is 0 Å². The predicted molar refractivity (Wildman–Crippen MR) is 60.6 cm³/mol. The largest absolute Gasteiger partial charge is 0.433 e. The first-order valence-electron chi connectivity index (χ1n) is 4.75. The van der Waals surface area contributed by atoms with E-state index in [1.165, 1.54) is 6.07 Å². The molecule has 0 bridgehead atoms. The summed E-state index contributed by atoms with van der Waals surface area (Å²) in [4.78, 5) is 9.77. The molecule has 0 saturated carbocycles. The molecule has 7 heteroatoms. The topological polar surface area (TPSA) is 85.4 Å². The Bertz CT molecular complexity index is 391. The minimum Gasteiger partial charge on any atom is -0.404 e. The molecule has 0 radical (unpaired) electrons. The zero-order valence-corrected chi connectivity index (χ0v) is 9.95. The third-order valence-electron chi connectivity index (χ3n) is 1.94. The molecule has 1 aromatic rings. The van der Waals surface area contributed by atoms with E-state index < -0.39 is 15.7 Å². The van der Waals surface area contributed by atoms with Crippen molar-refractivity contribution in [2.75, 3.05) is 12.0 Å². The monoisotopic (exact) mass is 246 g/mol. The van der Waals surface area contributed by atoms with Crippen LogP contribution in [0.3, 0.4) is 0 Å². The van der Waals surface area contributed by atoms with Gasteiger partial charge in [-0.05, 0) is 13.0 Å². The highest BCUT2D eigenvalue weighted by Crippen LogP contribution is 2.15. The number of nitrogens with zero attached hydrogens (tertiary/aromatic N) is 1. The summed E-state index contributed by atoms with van der Waals surface area (Å²) in [5.74, 6) is 0.784. The SMILES string of the molecule is CC(CS(C)=O)NCc1ccc([N+](=O)[O-])o1. The molecule has 0 aliphatic heterocycles. The van der Waals surface area contributed by atoms with Gasteiger partial charge in [0.05, 0.1) is 12.6 Å². The third-order valence-corrected chi connectivity index (χ3v) is 2.91. The van der Waals surface area contributed by atoms with E-state index in [4.69, 9.17) is 4.42 Å². The molecule has 0 fully saturated rings. The smallest absolute Gasteiger partial charge is 0.404 e. The fraction of sp³-hybridized carbons (Fsp3) is 0.556. The van der Waals surface area contributed by atoms with Gasteiger partial charge < -0.3 is 9.73 Å². The zero-order chi connectivity index (χ0) is 12.1. The summed E-state index contributed by atoms with van der Waals surface area (Å²) >= 11 is 0. The van der Waals surface area contributed by atoms with Gasteiger partial charge in [-0.2, -0.15) is 0 Å². The Balaban J connectivity index is 2.42. The number of hydrogen-bond donors (Lipinski definition) is 1. The van der Waals surface area contributed by atoms with Gasteiger partial charge in [0.1, 0.15) is 10.7 Å². The molecule has 0 aromatic carbocycles. The second-order valence-electron chi connectivity index (χ2n) is 3.52. The van der Waals surface area contributed by atoms with Crippen molar-refractivity contribution < 1.29 is 13.5 Å². The minimum atomic E-state index is -0.857. The van der Waals surface area contributed by atoms with E-state index in [2.05, 4.69) is 5.32 Å². The van der Waals surface area contributed by atoms with E-state index >= 15 is 0 Å². The Labute approximate surface area is 95.6 Å². The van der Waals surface area contributed by atoms with Crippen LogP contribution in [0.4, 0.5) is 5.88 Å². The Morgan fingerprint density at radius 3 is 2.81 bits per heavy atom. The van der Waals surface area contributed by atoms with Crippen LogP contribution in [0.1, 0.15) is 12.7 Å². The summed E-state index contributed by atoms with van der Waals surface area (Å²) in [7, 11) is -0.857. The molecule has 0 spiro atoms. The highest BCUT2D eigenvalue weighted by Gasteiger charge is 2.12. The van der Waals surface area contributed by atoms with Gasteiger partial charge in [0, 0.05) is 28.9 Å². The van der Waals surface area contributed by atoms with Gasteiger partial charge in [0.25, 0.3) is 0 Å². The van der Waals surface area contributed by atoms with Gasteiger partial charge in [0.15, 0.2) is 0 Å². The van der Waals surface area contributed by atoms with Gasteiger partial charge >= 0.3 is 5.88 Å². The van der Waals surface area contributed by atoms with Gasteiger partial charge in [-0.25, -0.2) is 0 Å². The standard InChI is InChI=1S/C9H14N2O4S/c1-7(6-16(2)14)10-5-8-3-4-9(15-8)11(12)13/h3-4,7,10H,5-6H2,1-2H3. The Kier molecular flexibility index (Phi) is 4.63. The van der Waals surface area contributed by atoms with Gasteiger partial charge in [0.2, 0.25) is 0 Å². The summed E-state index contributed by atoms with van der Waals surface area (Å²) in [5.41, 5.74) is 0. The Hall–Kier alpha value is -1.21. The zero-order valence-electron chi connectivity index (χ0n) is 9.13. The van der Waals surface area contributed by atoms with Crippen LogP contribution in [-0.2, 0) is 17.3 Å². The number of hydrogen-bond acceptors (Lipinski definition) is 5. The van der Waals surface area contributed by atoms with Gasteiger partial charge in [-0.1, -0.05) is 0 Å². The average molecular weight is 246 g/mol. The van der Waals surface area contributed by atoms with E-state index in [-0.39, 0.29) is 11.9 Å². The van der Waals surface area contributed by atoms with Crippen LogP contribution >= 0.6 is 0 Å². The van der Waals surface area contributed by atoms with Crippen LogP contribution < -0.4 is 5.32 Å². The highest BCUT2D eigenvalue weighted by molar-refractivity contribution is 7.84. The molecule has 0 amide bonds. The first-order valence-corrected chi connectivity index (χ1v) is 6.48. The molecule has 6 nitrogen and oxygen atoms in total. The van der Waals surface area contributed by atoms with Crippen LogP contribution in [0.5, 0.6) is 0 Å². The maximum absolute atomic E-state index is 10.9. The molecule has 2 atom stereocenters. The number of nitro groups is 1. The lowest BCUT2D eigenvalue weighted by atomic mass is 10.3. The molecule has 0 saturated heterocycles. The molecule has 1 heterocycles. The van der Waals surface area contributed by atoms with Crippen molar-refractivity contribution in [1.82, 2.24) is 5.32 Å². The van der Waals surface area contributed by atoms with Gasteiger partial charge in [-0.15, -0.1) is 0 Å². The lowest BCUT2D eigenvalue weighted by Crippen LogP contribution is -2.30. The Morgan fingerprint density at radius 1 is 1.62 bits per heavy atom.